The van der Waals surface area contributed by atoms with E-state index in [9.17, 15) is 0 Å². The van der Waals surface area contributed by atoms with E-state index in [1.54, 1.807) is 5.56 Å². The summed E-state index contributed by atoms with van der Waals surface area (Å²) in [5, 5.41) is 3.79. The van der Waals surface area contributed by atoms with Crippen LogP contribution in [0.15, 0.2) is 36.5 Å². The number of rotatable bonds is 4. The number of ether oxygens (including phenoxy) is 1. The average Bonchev–Trinajstić information content (AvgIpc) is 2.79. The Labute approximate surface area is 179 Å². The molecule has 1 aromatic heterocycles. The van der Waals surface area contributed by atoms with Gasteiger partial charge in [-0.25, -0.2) is 0 Å². The Balaban J connectivity index is 1.30. The van der Waals surface area contributed by atoms with Crippen LogP contribution in [0.2, 0.25) is 0 Å². The van der Waals surface area contributed by atoms with Crippen LogP contribution in [-0.2, 0) is 13.0 Å². The van der Waals surface area contributed by atoms with Crippen LogP contribution in [-0.4, -0.2) is 74.3 Å². The molecule has 1 saturated heterocycles. The Morgan fingerprint density at radius 1 is 1.17 bits per heavy atom. The minimum atomic E-state index is 0.325. The highest BCUT2D eigenvalue weighted by atomic mass is 16.5. The molecular weight excluding hydrogens is 374 g/mol. The van der Waals surface area contributed by atoms with E-state index in [4.69, 9.17) is 4.74 Å². The molecule has 3 aliphatic heterocycles. The second-order valence-electron chi connectivity index (χ2n) is 8.97. The smallest absolute Gasteiger partial charge is 0.142 e. The Morgan fingerprint density at radius 3 is 2.90 bits per heavy atom. The normalized spacial score (nSPS) is 24.3. The van der Waals surface area contributed by atoms with E-state index in [0.29, 0.717) is 12.1 Å². The van der Waals surface area contributed by atoms with Gasteiger partial charge in [0.15, 0.2) is 0 Å². The molecule has 6 nitrogen and oxygen atoms in total. The summed E-state index contributed by atoms with van der Waals surface area (Å²) in [6.45, 7) is 7.26. The number of hydrogen-bond acceptors (Lipinski definition) is 6. The molecule has 1 unspecified atom stereocenters. The minimum absolute atomic E-state index is 0.325. The molecule has 3 aliphatic rings. The molecule has 4 heterocycles. The van der Waals surface area contributed by atoms with E-state index >= 15 is 0 Å². The Hall–Kier alpha value is -2.15. The van der Waals surface area contributed by atoms with Crippen LogP contribution in [0, 0.1) is 0 Å². The quantitative estimate of drug-likeness (QED) is 0.839. The van der Waals surface area contributed by atoms with Crippen LogP contribution in [0.5, 0.6) is 5.75 Å². The molecule has 0 radical (unpaired) electrons. The summed E-state index contributed by atoms with van der Waals surface area (Å²) in [7, 11) is 4.45. The molecule has 5 rings (SSSR count). The molecule has 2 aromatic rings. The fourth-order valence-electron chi connectivity index (χ4n) is 5.16. The van der Waals surface area contributed by atoms with Crippen molar-refractivity contribution in [2.45, 2.75) is 31.5 Å². The topological polar surface area (TPSA) is 43.9 Å². The lowest BCUT2D eigenvalue weighted by Gasteiger charge is -2.39. The predicted molar refractivity (Wildman–Crippen MR) is 120 cm³/mol. The number of hydrogen-bond donors (Lipinski definition) is 1. The zero-order chi connectivity index (χ0) is 20.5. The van der Waals surface area contributed by atoms with Gasteiger partial charge in [-0.05, 0) is 49.8 Å². The van der Waals surface area contributed by atoms with Gasteiger partial charge >= 0.3 is 0 Å². The van der Waals surface area contributed by atoms with Crippen molar-refractivity contribution < 1.29 is 4.74 Å². The fraction of sp³-hybridized carbons (Fsp3) is 0.542. The van der Waals surface area contributed by atoms with E-state index in [1.807, 2.05) is 18.3 Å². The maximum absolute atomic E-state index is 5.82. The summed E-state index contributed by atoms with van der Waals surface area (Å²) in [6.07, 6.45) is 3.96. The second kappa shape index (κ2) is 8.53. The van der Waals surface area contributed by atoms with Gasteiger partial charge in [0.2, 0.25) is 0 Å². The summed E-state index contributed by atoms with van der Waals surface area (Å²) in [5.41, 5.74) is 5.54. The number of likely N-dealkylation sites (N-methyl/N-ethyl adjacent to an activating group) is 2. The van der Waals surface area contributed by atoms with Crippen LogP contribution in [0.25, 0.3) is 0 Å². The first-order valence-corrected chi connectivity index (χ1v) is 11.2. The van der Waals surface area contributed by atoms with Crippen molar-refractivity contribution >= 4 is 5.69 Å². The van der Waals surface area contributed by atoms with Gasteiger partial charge in [0.25, 0.3) is 0 Å². The zero-order valence-corrected chi connectivity index (χ0v) is 18.2. The van der Waals surface area contributed by atoms with Gasteiger partial charge in [-0.15, -0.1) is 0 Å². The van der Waals surface area contributed by atoms with Gasteiger partial charge in [-0.1, -0.05) is 12.1 Å². The van der Waals surface area contributed by atoms with E-state index < -0.39 is 0 Å². The maximum Gasteiger partial charge on any atom is 0.142 e. The highest BCUT2D eigenvalue weighted by Crippen LogP contribution is 2.34. The lowest BCUT2D eigenvalue weighted by atomic mass is 9.92. The number of piperazine rings is 1. The summed E-state index contributed by atoms with van der Waals surface area (Å²) in [6, 6.07) is 11.6. The highest BCUT2D eigenvalue weighted by Gasteiger charge is 2.30. The molecule has 0 aliphatic carbocycles. The Kier molecular flexibility index (Phi) is 5.63. The van der Waals surface area contributed by atoms with E-state index in [0.717, 1.165) is 70.2 Å². The third kappa shape index (κ3) is 3.92. The molecule has 6 heteroatoms. The number of pyridine rings is 1. The number of nitrogens with one attached hydrogen (secondary N) is 1. The molecule has 160 valence electrons. The monoisotopic (exact) mass is 407 g/mol. The van der Waals surface area contributed by atoms with Crippen molar-refractivity contribution in [1.29, 1.82) is 0 Å². The van der Waals surface area contributed by atoms with Crippen LogP contribution in [0.4, 0.5) is 5.69 Å². The number of nitrogens with zero attached hydrogens (tertiary/aromatic N) is 4. The molecule has 0 saturated carbocycles. The minimum Gasteiger partial charge on any atom is -0.492 e. The van der Waals surface area contributed by atoms with Gasteiger partial charge in [0.1, 0.15) is 5.75 Å². The molecule has 1 aromatic carbocycles. The molecule has 0 amide bonds. The average molecular weight is 408 g/mol. The van der Waals surface area contributed by atoms with Gasteiger partial charge in [0, 0.05) is 63.6 Å². The van der Waals surface area contributed by atoms with Crippen LogP contribution in [0.3, 0.4) is 0 Å². The SMILES string of the molecule is CN1CCN(c2cccc3c2CC(CN(C)[C@H]2CCOc4cccnc42)NC3)CC1. The molecule has 1 fully saturated rings. The van der Waals surface area contributed by atoms with Crippen molar-refractivity contribution in [3.63, 3.8) is 0 Å². The number of anilines is 1. The number of fused-ring (bicyclic) bond motifs is 2. The van der Waals surface area contributed by atoms with Crippen molar-refractivity contribution in [3.05, 3.63) is 53.3 Å². The molecular formula is C24H33N5O. The van der Waals surface area contributed by atoms with Crippen molar-refractivity contribution in [2.24, 2.45) is 0 Å². The fourth-order valence-corrected chi connectivity index (χ4v) is 5.16. The van der Waals surface area contributed by atoms with Crippen molar-refractivity contribution in [3.8, 4) is 5.75 Å². The predicted octanol–water partition coefficient (Wildman–Crippen LogP) is 2.30. The third-order valence-corrected chi connectivity index (χ3v) is 6.93. The Bertz CT molecular complexity index is 880. The van der Waals surface area contributed by atoms with Gasteiger partial charge in [-0.3, -0.25) is 9.88 Å². The second-order valence-corrected chi connectivity index (χ2v) is 8.97. The third-order valence-electron chi connectivity index (χ3n) is 6.93. The lowest BCUT2D eigenvalue weighted by molar-refractivity contribution is 0.148. The van der Waals surface area contributed by atoms with Gasteiger partial charge < -0.3 is 19.9 Å². The van der Waals surface area contributed by atoms with Crippen molar-refractivity contribution in [2.75, 3.05) is 58.3 Å². The van der Waals surface area contributed by atoms with E-state index in [1.165, 1.54) is 11.3 Å². The lowest BCUT2D eigenvalue weighted by Crippen LogP contribution is -2.47. The number of aromatic nitrogens is 1. The summed E-state index contributed by atoms with van der Waals surface area (Å²) in [4.78, 5) is 12.1. The van der Waals surface area contributed by atoms with Crippen LogP contribution in [0.1, 0.15) is 29.3 Å². The van der Waals surface area contributed by atoms with Crippen molar-refractivity contribution in [1.82, 2.24) is 20.1 Å². The molecule has 0 bridgehead atoms. The molecule has 30 heavy (non-hydrogen) atoms. The first-order chi connectivity index (χ1) is 14.7. The zero-order valence-electron chi connectivity index (χ0n) is 18.2. The van der Waals surface area contributed by atoms with Crippen LogP contribution >= 0.6 is 0 Å². The first-order valence-electron chi connectivity index (χ1n) is 11.2. The highest BCUT2D eigenvalue weighted by molar-refractivity contribution is 5.58. The van der Waals surface area contributed by atoms with Gasteiger partial charge in [0.05, 0.1) is 18.3 Å². The van der Waals surface area contributed by atoms with Gasteiger partial charge in [-0.2, -0.15) is 0 Å². The standard InChI is InChI=1S/C24H33N5O/c1-27-10-12-29(13-11-27)21-6-3-5-18-16-26-19(15-20(18)21)17-28(2)22-8-14-30-23-7-4-9-25-24(22)23/h3-7,9,19,22,26H,8,10-17H2,1-2H3/t19?,22-/m0/s1. The largest absolute Gasteiger partial charge is 0.492 e. The summed E-state index contributed by atoms with van der Waals surface area (Å²) in [5.74, 6) is 0.944. The maximum atomic E-state index is 5.82. The summed E-state index contributed by atoms with van der Waals surface area (Å²) >= 11 is 0. The first kappa shape index (κ1) is 19.8. The molecule has 2 atom stereocenters. The number of benzene rings is 1. The summed E-state index contributed by atoms with van der Waals surface area (Å²) < 4.78 is 5.82. The van der Waals surface area contributed by atoms with Crippen LogP contribution < -0.4 is 15.0 Å². The molecule has 0 spiro atoms. The Morgan fingerprint density at radius 2 is 2.03 bits per heavy atom. The van der Waals surface area contributed by atoms with E-state index in [2.05, 4.69) is 57.3 Å². The van der Waals surface area contributed by atoms with E-state index in [-0.39, 0.29) is 0 Å². The molecule has 1 N–H and O–H groups in total.